The molecule has 0 radical (unpaired) electrons. The number of fused-ring (bicyclic) bond motifs is 1. The summed E-state index contributed by atoms with van der Waals surface area (Å²) in [5.41, 5.74) is 1.94. The van der Waals surface area contributed by atoms with Crippen molar-refractivity contribution < 1.29 is 5.11 Å². The molecule has 0 saturated heterocycles. The van der Waals surface area contributed by atoms with Gasteiger partial charge in [0.1, 0.15) is 11.9 Å². The van der Waals surface area contributed by atoms with Crippen LogP contribution >= 0.6 is 0 Å². The van der Waals surface area contributed by atoms with Crippen molar-refractivity contribution in [3.05, 3.63) is 62.1 Å². The summed E-state index contributed by atoms with van der Waals surface area (Å²) in [7, 11) is 3.05. The zero-order chi connectivity index (χ0) is 19.7. The highest BCUT2D eigenvalue weighted by Gasteiger charge is 2.23. The van der Waals surface area contributed by atoms with Crippen molar-refractivity contribution in [1.82, 2.24) is 18.7 Å². The van der Waals surface area contributed by atoms with Gasteiger partial charge in [0.15, 0.2) is 11.2 Å². The molecule has 1 atom stereocenters. The van der Waals surface area contributed by atoms with Crippen molar-refractivity contribution in [3.63, 3.8) is 0 Å². The molecule has 0 bridgehead atoms. The molecule has 0 fully saturated rings. The van der Waals surface area contributed by atoms with E-state index in [1.54, 1.807) is 11.6 Å². The van der Waals surface area contributed by atoms with Crippen molar-refractivity contribution in [2.24, 2.45) is 14.1 Å². The first-order valence-electron chi connectivity index (χ1n) is 9.24. The Morgan fingerprint density at radius 3 is 2.59 bits per heavy atom. The molecule has 1 N–H and O–H groups in total. The zero-order valence-corrected chi connectivity index (χ0v) is 16.3. The molecule has 7 nitrogen and oxygen atoms in total. The molecular formula is C20H26N4O3. The lowest BCUT2D eigenvalue weighted by atomic mass is 10.1. The van der Waals surface area contributed by atoms with E-state index in [1.165, 1.54) is 11.6 Å². The Balaban J connectivity index is 2.26. The number of unbranched alkanes of at least 4 members (excludes halogenated alkanes) is 1. The van der Waals surface area contributed by atoms with Crippen LogP contribution in [0.1, 0.15) is 49.2 Å². The third-order valence-electron chi connectivity index (χ3n) is 4.93. The fourth-order valence-electron chi connectivity index (χ4n) is 3.40. The van der Waals surface area contributed by atoms with Crippen molar-refractivity contribution >= 4 is 11.2 Å². The van der Waals surface area contributed by atoms with Gasteiger partial charge < -0.3 is 9.67 Å². The summed E-state index contributed by atoms with van der Waals surface area (Å²) in [5.74, 6) is 0.429. The van der Waals surface area contributed by atoms with Gasteiger partial charge in [-0.3, -0.25) is 13.9 Å². The maximum absolute atomic E-state index is 12.8. The highest BCUT2D eigenvalue weighted by atomic mass is 16.3. The number of rotatable bonds is 6. The Labute approximate surface area is 157 Å². The van der Waals surface area contributed by atoms with Gasteiger partial charge in [-0.15, -0.1) is 0 Å². The van der Waals surface area contributed by atoms with Crippen LogP contribution in [0.3, 0.4) is 0 Å². The molecule has 3 rings (SSSR count). The Bertz CT molecular complexity index is 1090. The SMILES string of the molecule is CCCCC(O)c1nc2c(c(=O)n(C)c(=O)n2C)n1Cc1cccc(C)c1. The largest absolute Gasteiger partial charge is 0.385 e. The second-order valence-corrected chi connectivity index (χ2v) is 7.08. The van der Waals surface area contributed by atoms with E-state index in [0.717, 1.165) is 28.5 Å². The number of aliphatic hydroxyl groups excluding tert-OH is 1. The second-order valence-electron chi connectivity index (χ2n) is 7.08. The molecule has 27 heavy (non-hydrogen) atoms. The monoisotopic (exact) mass is 370 g/mol. The lowest BCUT2D eigenvalue weighted by Gasteiger charge is -2.14. The molecule has 2 heterocycles. The van der Waals surface area contributed by atoms with Gasteiger partial charge in [-0.05, 0) is 18.9 Å². The van der Waals surface area contributed by atoms with Crippen LogP contribution in [0.5, 0.6) is 0 Å². The highest BCUT2D eigenvalue weighted by molar-refractivity contribution is 5.71. The molecule has 1 unspecified atom stereocenters. The second kappa shape index (κ2) is 7.52. The van der Waals surface area contributed by atoms with E-state index in [9.17, 15) is 14.7 Å². The minimum absolute atomic E-state index is 0.307. The first-order chi connectivity index (χ1) is 12.8. The van der Waals surface area contributed by atoms with Gasteiger partial charge in [-0.25, -0.2) is 9.78 Å². The van der Waals surface area contributed by atoms with E-state index in [1.807, 2.05) is 31.2 Å². The normalized spacial score (nSPS) is 12.6. The first-order valence-corrected chi connectivity index (χ1v) is 9.24. The minimum Gasteiger partial charge on any atom is -0.385 e. The van der Waals surface area contributed by atoms with Gasteiger partial charge in [0.2, 0.25) is 0 Å². The van der Waals surface area contributed by atoms with Crippen molar-refractivity contribution in [1.29, 1.82) is 0 Å². The molecular weight excluding hydrogens is 344 g/mol. The predicted octanol–water partition coefficient (Wildman–Crippen LogP) is 2.01. The third kappa shape index (κ3) is 3.47. The standard InChI is InChI=1S/C20H26N4O3/c1-5-6-10-15(25)17-21-18-16(19(26)23(4)20(27)22(18)3)24(17)12-14-9-7-8-13(2)11-14/h7-9,11,15,25H,5-6,10,12H2,1-4H3. The molecule has 1 aromatic carbocycles. The summed E-state index contributed by atoms with van der Waals surface area (Å²) in [4.78, 5) is 29.6. The van der Waals surface area contributed by atoms with Crippen LogP contribution in [-0.2, 0) is 20.6 Å². The zero-order valence-electron chi connectivity index (χ0n) is 16.3. The molecule has 7 heteroatoms. The first kappa shape index (κ1) is 19.1. The van der Waals surface area contributed by atoms with E-state index in [4.69, 9.17) is 0 Å². The van der Waals surface area contributed by atoms with Gasteiger partial charge in [-0.2, -0.15) is 0 Å². The van der Waals surface area contributed by atoms with Crippen LogP contribution < -0.4 is 11.2 Å². The predicted molar refractivity (Wildman–Crippen MR) is 105 cm³/mol. The molecule has 0 aliphatic carbocycles. The van der Waals surface area contributed by atoms with Crippen LogP contribution in [0.15, 0.2) is 33.9 Å². The topological polar surface area (TPSA) is 82.1 Å². The summed E-state index contributed by atoms with van der Waals surface area (Å²) in [6.07, 6.45) is 1.57. The number of benzene rings is 1. The number of aryl methyl sites for hydroxylation is 2. The number of nitrogens with zero attached hydrogens (tertiary/aromatic N) is 4. The van der Waals surface area contributed by atoms with Crippen molar-refractivity contribution in [2.45, 2.75) is 45.8 Å². The molecule has 0 saturated carbocycles. The van der Waals surface area contributed by atoms with Gasteiger partial charge in [-0.1, -0.05) is 49.6 Å². The summed E-state index contributed by atoms with van der Waals surface area (Å²) in [5, 5.41) is 10.7. The van der Waals surface area contributed by atoms with Gasteiger partial charge in [0.05, 0.1) is 0 Å². The highest BCUT2D eigenvalue weighted by Crippen LogP contribution is 2.23. The van der Waals surface area contributed by atoms with Crippen molar-refractivity contribution in [2.75, 3.05) is 0 Å². The molecule has 3 aromatic rings. The number of imidazole rings is 1. The molecule has 0 aliphatic heterocycles. The summed E-state index contributed by atoms with van der Waals surface area (Å²) < 4.78 is 4.20. The summed E-state index contributed by atoms with van der Waals surface area (Å²) in [6.45, 7) is 4.47. The van der Waals surface area contributed by atoms with Crippen LogP contribution in [0.4, 0.5) is 0 Å². The average Bonchev–Trinajstić information content (AvgIpc) is 3.02. The fraction of sp³-hybridized carbons (Fsp3) is 0.450. The fourth-order valence-corrected chi connectivity index (χ4v) is 3.40. The third-order valence-corrected chi connectivity index (χ3v) is 4.93. The lowest BCUT2D eigenvalue weighted by Crippen LogP contribution is -2.37. The number of aliphatic hydroxyl groups is 1. The average molecular weight is 370 g/mol. The van der Waals surface area contributed by atoms with E-state index < -0.39 is 17.4 Å². The van der Waals surface area contributed by atoms with E-state index >= 15 is 0 Å². The number of hydrogen-bond acceptors (Lipinski definition) is 4. The van der Waals surface area contributed by atoms with Crippen LogP contribution in [0.2, 0.25) is 0 Å². The van der Waals surface area contributed by atoms with E-state index in [-0.39, 0.29) is 0 Å². The maximum atomic E-state index is 12.8. The Hall–Kier alpha value is -2.67. The summed E-state index contributed by atoms with van der Waals surface area (Å²) >= 11 is 0. The Morgan fingerprint density at radius 2 is 1.93 bits per heavy atom. The number of aromatic nitrogens is 4. The Kier molecular flexibility index (Phi) is 5.32. The van der Waals surface area contributed by atoms with Gasteiger partial charge in [0.25, 0.3) is 5.56 Å². The molecule has 144 valence electrons. The van der Waals surface area contributed by atoms with Crippen LogP contribution in [0.25, 0.3) is 11.2 Å². The quantitative estimate of drug-likeness (QED) is 0.720. The van der Waals surface area contributed by atoms with E-state index in [0.29, 0.717) is 30.0 Å². The number of hydrogen-bond donors (Lipinski definition) is 1. The maximum Gasteiger partial charge on any atom is 0.332 e. The lowest BCUT2D eigenvalue weighted by molar-refractivity contribution is 0.151. The smallest absolute Gasteiger partial charge is 0.332 e. The molecule has 0 aliphatic rings. The Morgan fingerprint density at radius 1 is 1.19 bits per heavy atom. The molecule has 0 amide bonds. The van der Waals surface area contributed by atoms with Crippen LogP contribution in [0, 0.1) is 6.92 Å². The molecule has 0 spiro atoms. The van der Waals surface area contributed by atoms with Crippen molar-refractivity contribution in [3.8, 4) is 0 Å². The van der Waals surface area contributed by atoms with E-state index in [2.05, 4.69) is 11.9 Å². The van der Waals surface area contributed by atoms with Gasteiger partial charge >= 0.3 is 5.69 Å². The molecule has 2 aromatic heterocycles. The van der Waals surface area contributed by atoms with Crippen LogP contribution in [-0.4, -0.2) is 23.8 Å². The minimum atomic E-state index is -0.790. The summed E-state index contributed by atoms with van der Waals surface area (Å²) in [6, 6.07) is 7.99. The van der Waals surface area contributed by atoms with Gasteiger partial charge in [0, 0.05) is 20.6 Å².